The average Bonchev–Trinajstić information content (AvgIpc) is 3.69. The van der Waals surface area contributed by atoms with Crippen molar-refractivity contribution in [3.63, 3.8) is 0 Å². The first-order valence-corrected chi connectivity index (χ1v) is 15.1. The summed E-state index contributed by atoms with van der Waals surface area (Å²) in [6.45, 7) is 6.04. The van der Waals surface area contributed by atoms with Gasteiger partial charge >= 0.3 is 5.97 Å². The summed E-state index contributed by atoms with van der Waals surface area (Å²) in [4.78, 5) is 44.5. The number of benzene rings is 1. The van der Waals surface area contributed by atoms with Crippen LogP contribution in [0.1, 0.15) is 69.8 Å². The van der Waals surface area contributed by atoms with Crippen molar-refractivity contribution in [3.8, 4) is 17.2 Å². The summed E-state index contributed by atoms with van der Waals surface area (Å²) in [6, 6.07) is 3.32. The fraction of sp³-hybridized carbons (Fsp3) is 0.700. The van der Waals surface area contributed by atoms with Gasteiger partial charge < -0.3 is 34.9 Å². The summed E-state index contributed by atoms with van der Waals surface area (Å²) in [5.41, 5.74) is 6.48. The van der Waals surface area contributed by atoms with E-state index in [1.165, 1.54) is 0 Å². The molecule has 228 valence electrons. The Morgan fingerprint density at radius 1 is 1.17 bits per heavy atom. The van der Waals surface area contributed by atoms with E-state index in [4.69, 9.17) is 19.9 Å². The Balaban J connectivity index is 1.58. The smallest absolute Gasteiger partial charge is 0.308 e. The lowest BCUT2D eigenvalue weighted by molar-refractivity contribution is -0.144. The zero-order valence-electron chi connectivity index (χ0n) is 24.5. The fourth-order valence-corrected chi connectivity index (χ4v) is 6.42. The number of carbonyl (C=O) groups is 3. The molecule has 2 saturated heterocycles. The Bertz CT molecular complexity index is 1070. The van der Waals surface area contributed by atoms with Gasteiger partial charge in [0, 0.05) is 51.1 Å². The molecular formula is C30H46N4O7. The molecule has 1 aromatic carbocycles. The van der Waals surface area contributed by atoms with Gasteiger partial charge in [0.2, 0.25) is 24.4 Å². The number of nitrogens with zero attached hydrogens (tertiary/aromatic N) is 3. The van der Waals surface area contributed by atoms with Gasteiger partial charge in [-0.25, -0.2) is 0 Å². The van der Waals surface area contributed by atoms with E-state index in [1.807, 2.05) is 21.9 Å². The Labute approximate surface area is 242 Å². The fourth-order valence-electron chi connectivity index (χ4n) is 6.42. The van der Waals surface area contributed by atoms with Crippen LogP contribution < -0.4 is 19.9 Å². The maximum absolute atomic E-state index is 13.6. The van der Waals surface area contributed by atoms with Crippen molar-refractivity contribution in [1.82, 2.24) is 14.7 Å². The van der Waals surface area contributed by atoms with Crippen molar-refractivity contribution in [2.75, 3.05) is 59.7 Å². The molecule has 41 heavy (non-hydrogen) atoms. The van der Waals surface area contributed by atoms with Crippen LogP contribution in [0.15, 0.2) is 12.1 Å². The molecule has 1 aromatic rings. The number of carboxylic acid groups (broad SMARTS) is 1. The van der Waals surface area contributed by atoms with Crippen LogP contribution in [0.3, 0.4) is 0 Å². The topological polar surface area (TPSA) is 135 Å². The molecule has 3 atom stereocenters. The highest BCUT2D eigenvalue weighted by Gasteiger charge is 2.47. The zero-order valence-corrected chi connectivity index (χ0v) is 24.5. The van der Waals surface area contributed by atoms with E-state index in [2.05, 4.69) is 11.8 Å². The number of methoxy groups -OCH3 is 1. The molecule has 3 aliphatic heterocycles. The van der Waals surface area contributed by atoms with E-state index in [1.54, 1.807) is 7.11 Å². The van der Waals surface area contributed by atoms with Crippen molar-refractivity contribution in [2.45, 2.75) is 70.3 Å². The van der Waals surface area contributed by atoms with Gasteiger partial charge in [-0.15, -0.1) is 0 Å². The maximum atomic E-state index is 13.6. The first-order chi connectivity index (χ1) is 19.9. The Morgan fingerprint density at radius 3 is 2.66 bits per heavy atom. The molecule has 3 heterocycles. The van der Waals surface area contributed by atoms with Crippen LogP contribution in [0.2, 0.25) is 0 Å². The number of aliphatic carboxylic acids is 1. The van der Waals surface area contributed by atoms with E-state index in [-0.39, 0.29) is 37.1 Å². The van der Waals surface area contributed by atoms with Crippen LogP contribution in [0.5, 0.6) is 17.2 Å². The number of amides is 2. The number of ether oxygens (including phenoxy) is 3. The highest BCUT2D eigenvalue weighted by molar-refractivity contribution is 5.79. The predicted molar refractivity (Wildman–Crippen MR) is 153 cm³/mol. The molecule has 0 aliphatic carbocycles. The lowest BCUT2D eigenvalue weighted by Gasteiger charge is -2.30. The molecule has 0 radical (unpaired) electrons. The number of hydrogen-bond donors (Lipinski definition) is 2. The van der Waals surface area contributed by atoms with Gasteiger partial charge in [-0.05, 0) is 62.8 Å². The van der Waals surface area contributed by atoms with Crippen molar-refractivity contribution < 1.29 is 33.7 Å². The van der Waals surface area contributed by atoms with Gasteiger partial charge in [-0.2, -0.15) is 0 Å². The summed E-state index contributed by atoms with van der Waals surface area (Å²) in [5, 5.41) is 10.5. The molecule has 0 saturated carbocycles. The van der Waals surface area contributed by atoms with Crippen LogP contribution in [-0.2, 0) is 14.4 Å². The summed E-state index contributed by atoms with van der Waals surface area (Å²) in [7, 11) is 1.55. The van der Waals surface area contributed by atoms with Gasteiger partial charge in [0.25, 0.3) is 0 Å². The molecule has 3 aliphatic rings. The van der Waals surface area contributed by atoms with Gasteiger partial charge in [-0.3, -0.25) is 19.3 Å². The minimum atomic E-state index is -0.894. The average molecular weight is 575 g/mol. The Kier molecular flexibility index (Phi) is 11.1. The van der Waals surface area contributed by atoms with E-state index in [9.17, 15) is 19.5 Å². The first kappa shape index (κ1) is 30.9. The number of rotatable bonds is 16. The lowest BCUT2D eigenvalue weighted by atomic mass is 9.83. The summed E-state index contributed by atoms with van der Waals surface area (Å²) in [5.74, 6) is -0.266. The lowest BCUT2D eigenvalue weighted by Crippen LogP contribution is -2.45. The third kappa shape index (κ3) is 7.43. The number of fused-ring (bicyclic) bond motifs is 1. The van der Waals surface area contributed by atoms with Crippen molar-refractivity contribution in [2.24, 2.45) is 11.7 Å². The van der Waals surface area contributed by atoms with Gasteiger partial charge in [-0.1, -0.05) is 13.3 Å². The SMILES string of the molecule is CCCCN(CCCCN)C(=O)CN1C[C@H](c2cc(OC)c3c(c2)OCO3)C(C(=O)O)[C@@H]1CCCN1CCCC1=O. The molecule has 0 bridgehead atoms. The first-order valence-electron chi connectivity index (χ1n) is 15.1. The van der Waals surface area contributed by atoms with Crippen molar-refractivity contribution in [3.05, 3.63) is 17.7 Å². The number of unbranched alkanes of at least 4 members (excludes halogenated alkanes) is 2. The molecule has 1 unspecified atom stereocenters. The summed E-state index contributed by atoms with van der Waals surface area (Å²) in [6.07, 6.45) is 6.30. The predicted octanol–water partition coefficient (Wildman–Crippen LogP) is 2.66. The quantitative estimate of drug-likeness (QED) is 0.286. The van der Waals surface area contributed by atoms with E-state index in [0.29, 0.717) is 69.2 Å². The van der Waals surface area contributed by atoms with Crippen molar-refractivity contribution in [1.29, 1.82) is 0 Å². The molecular weight excluding hydrogens is 528 g/mol. The molecule has 4 rings (SSSR count). The monoisotopic (exact) mass is 574 g/mol. The van der Waals surface area contributed by atoms with E-state index in [0.717, 1.165) is 44.2 Å². The number of carbonyl (C=O) groups excluding carboxylic acids is 2. The van der Waals surface area contributed by atoms with Crippen LogP contribution >= 0.6 is 0 Å². The summed E-state index contributed by atoms with van der Waals surface area (Å²) >= 11 is 0. The van der Waals surface area contributed by atoms with Crippen LogP contribution in [0, 0.1) is 5.92 Å². The molecule has 0 spiro atoms. The molecule has 11 nitrogen and oxygen atoms in total. The normalized spacial score (nSPS) is 22.0. The second-order valence-corrected chi connectivity index (χ2v) is 11.3. The highest BCUT2D eigenvalue weighted by atomic mass is 16.7. The molecule has 0 aromatic heterocycles. The molecule has 11 heteroatoms. The second-order valence-electron chi connectivity index (χ2n) is 11.3. The van der Waals surface area contributed by atoms with Gasteiger partial charge in [0.15, 0.2) is 11.5 Å². The Morgan fingerprint density at radius 2 is 1.98 bits per heavy atom. The standard InChI is InChI=1S/C30H46N4O7/c1-3-4-12-33(13-6-5-11-31)27(36)19-34-18-22(21-16-24(39-2)29-25(17-21)40-20-41-29)28(30(37)38)23(34)9-7-14-32-15-8-10-26(32)35/h16-17,22-23,28H,3-15,18-20,31H2,1-2H3,(H,37,38)/t22-,23+,28?/m1/s1. The maximum Gasteiger partial charge on any atom is 0.308 e. The zero-order chi connectivity index (χ0) is 29.4. The minimum absolute atomic E-state index is 0.0169. The second kappa shape index (κ2) is 14.7. The largest absolute Gasteiger partial charge is 0.493 e. The van der Waals surface area contributed by atoms with Crippen LogP contribution in [0.25, 0.3) is 0 Å². The van der Waals surface area contributed by atoms with E-state index >= 15 is 0 Å². The third-order valence-electron chi connectivity index (χ3n) is 8.60. The van der Waals surface area contributed by atoms with Crippen molar-refractivity contribution >= 4 is 17.8 Å². The van der Waals surface area contributed by atoms with Crippen LogP contribution in [0.4, 0.5) is 0 Å². The molecule has 2 fully saturated rings. The number of nitrogens with two attached hydrogens (primary N) is 1. The molecule has 3 N–H and O–H groups in total. The third-order valence-corrected chi connectivity index (χ3v) is 8.60. The molecule has 2 amide bonds. The minimum Gasteiger partial charge on any atom is -0.493 e. The Hall–Kier alpha value is -3.05. The van der Waals surface area contributed by atoms with Gasteiger partial charge in [0.1, 0.15) is 0 Å². The van der Waals surface area contributed by atoms with Gasteiger partial charge in [0.05, 0.1) is 19.6 Å². The number of hydrogen-bond acceptors (Lipinski definition) is 8. The van der Waals surface area contributed by atoms with Crippen LogP contribution in [-0.4, -0.2) is 103 Å². The van der Waals surface area contributed by atoms with E-state index < -0.39 is 11.9 Å². The number of likely N-dealkylation sites (tertiary alicyclic amines) is 2. The number of carboxylic acids is 1. The summed E-state index contributed by atoms with van der Waals surface area (Å²) < 4.78 is 16.7. The highest BCUT2D eigenvalue weighted by Crippen LogP contribution is 2.47.